The van der Waals surface area contributed by atoms with E-state index in [1.807, 2.05) is 0 Å². The van der Waals surface area contributed by atoms with E-state index in [2.05, 4.69) is 21.2 Å². The maximum absolute atomic E-state index is 13.2. The summed E-state index contributed by atoms with van der Waals surface area (Å²) >= 11 is 3.31. The van der Waals surface area contributed by atoms with Crippen LogP contribution >= 0.6 is 15.9 Å². The van der Waals surface area contributed by atoms with E-state index in [4.69, 9.17) is 10.5 Å². The average molecular weight is 353 g/mol. The number of carbonyl (C=O) groups excluding carboxylic acids is 1. The summed E-state index contributed by atoms with van der Waals surface area (Å²) in [6, 6.07) is 9.24. The maximum Gasteiger partial charge on any atom is 0.255 e. The van der Waals surface area contributed by atoms with Gasteiger partial charge >= 0.3 is 0 Å². The number of para-hydroxylation sites is 1. The Morgan fingerprint density at radius 3 is 2.86 bits per heavy atom. The number of halogens is 2. The van der Waals surface area contributed by atoms with Gasteiger partial charge in [-0.2, -0.15) is 0 Å². The molecule has 0 saturated carbocycles. The Bertz CT molecular complexity index is 677. The zero-order chi connectivity index (χ0) is 15.4. The first-order valence-electron chi connectivity index (χ1n) is 6.17. The quantitative estimate of drug-likeness (QED) is 0.831. The molecule has 0 radical (unpaired) electrons. The van der Waals surface area contributed by atoms with Gasteiger partial charge in [-0.05, 0) is 35.9 Å². The van der Waals surface area contributed by atoms with E-state index in [1.54, 1.807) is 24.3 Å². The summed E-state index contributed by atoms with van der Waals surface area (Å²) in [5.74, 6) is -0.368. The van der Waals surface area contributed by atoms with Gasteiger partial charge < -0.3 is 15.8 Å². The fraction of sp³-hybridized carbons (Fsp3) is 0.133. The Morgan fingerprint density at radius 2 is 2.14 bits per heavy atom. The Morgan fingerprint density at radius 1 is 1.38 bits per heavy atom. The molecule has 2 aromatic carbocycles. The maximum atomic E-state index is 13.2. The summed E-state index contributed by atoms with van der Waals surface area (Å²) < 4.78 is 19.1. The minimum Gasteiger partial charge on any atom is -0.494 e. The van der Waals surface area contributed by atoms with Crippen molar-refractivity contribution in [3.8, 4) is 5.75 Å². The number of carbonyl (C=O) groups is 1. The highest BCUT2D eigenvalue weighted by atomic mass is 79.9. The number of hydrogen-bond acceptors (Lipinski definition) is 3. The summed E-state index contributed by atoms with van der Waals surface area (Å²) in [4.78, 5) is 12.2. The van der Waals surface area contributed by atoms with Crippen molar-refractivity contribution in [1.29, 1.82) is 0 Å². The van der Waals surface area contributed by atoms with Gasteiger partial charge in [-0.3, -0.25) is 4.79 Å². The second-order valence-electron chi connectivity index (χ2n) is 4.35. The molecule has 0 aliphatic rings. The molecule has 2 rings (SSSR count). The minimum absolute atomic E-state index is 0.190. The lowest BCUT2D eigenvalue weighted by Crippen LogP contribution is -2.23. The standard InChI is InChI=1S/C15H14BrFN2O2/c1-21-14-11(3-2-4-13(14)18)15(20)19-8-9-7-10(17)5-6-12(9)16/h2-7H,8,18H2,1H3,(H,19,20). The molecule has 2 aromatic rings. The van der Waals surface area contributed by atoms with Crippen LogP contribution in [0.5, 0.6) is 5.75 Å². The molecule has 0 aliphatic carbocycles. The first kappa shape index (κ1) is 15.3. The van der Waals surface area contributed by atoms with Crippen molar-refractivity contribution in [2.75, 3.05) is 12.8 Å². The van der Waals surface area contributed by atoms with Crippen molar-refractivity contribution in [1.82, 2.24) is 5.32 Å². The average Bonchev–Trinajstić information content (AvgIpc) is 2.47. The predicted molar refractivity (Wildman–Crippen MR) is 82.7 cm³/mol. The Kier molecular flexibility index (Phi) is 4.80. The topological polar surface area (TPSA) is 64.3 Å². The van der Waals surface area contributed by atoms with Crippen LogP contribution in [-0.4, -0.2) is 13.0 Å². The number of ether oxygens (including phenoxy) is 1. The zero-order valence-electron chi connectivity index (χ0n) is 11.3. The number of anilines is 1. The normalized spacial score (nSPS) is 10.2. The summed E-state index contributed by atoms with van der Waals surface area (Å²) in [5.41, 5.74) is 7.13. The smallest absolute Gasteiger partial charge is 0.255 e. The van der Waals surface area contributed by atoms with Crippen LogP contribution in [0.2, 0.25) is 0 Å². The number of rotatable bonds is 4. The van der Waals surface area contributed by atoms with Gasteiger partial charge in [-0.1, -0.05) is 22.0 Å². The molecule has 21 heavy (non-hydrogen) atoms. The highest BCUT2D eigenvalue weighted by molar-refractivity contribution is 9.10. The van der Waals surface area contributed by atoms with Crippen molar-refractivity contribution in [3.63, 3.8) is 0 Å². The van der Waals surface area contributed by atoms with Gasteiger partial charge in [0, 0.05) is 11.0 Å². The molecular weight excluding hydrogens is 339 g/mol. The lowest BCUT2D eigenvalue weighted by atomic mass is 10.1. The molecule has 0 bridgehead atoms. The van der Waals surface area contributed by atoms with Crippen LogP contribution in [0.15, 0.2) is 40.9 Å². The lowest BCUT2D eigenvalue weighted by Gasteiger charge is -2.12. The summed E-state index contributed by atoms with van der Waals surface area (Å²) in [6.45, 7) is 0.190. The van der Waals surface area contributed by atoms with Gasteiger partial charge in [0.2, 0.25) is 0 Å². The van der Waals surface area contributed by atoms with Crippen LogP contribution in [0.4, 0.5) is 10.1 Å². The molecule has 3 N–H and O–H groups in total. The molecule has 0 heterocycles. The molecule has 110 valence electrons. The molecule has 6 heteroatoms. The Hall–Kier alpha value is -2.08. The van der Waals surface area contributed by atoms with E-state index in [9.17, 15) is 9.18 Å². The molecule has 4 nitrogen and oxygen atoms in total. The highest BCUT2D eigenvalue weighted by Gasteiger charge is 2.14. The Labute approximate surface area is 130 Å². The van der Waals surface area contributed by atoms with E-state index < -0.39 is 0 Å². The van der Waals surface area contributed by atoms with Crippen molar-refractivity contribution >= 4 is 27.5 Å². The van der Waals surface area contributed by atoms with Crippen LogP contribution in [0.1, 0.15) is 15.9 Å². The predicted octanol–water partition coefficient (Wildman–Crippen LogP) is 3.11. The second-order valence-corrected chi connectivity index (χ2v) is 5.20. The number of nitrogens with one attached hydrogen (secondary N) is 1. The van der Waals surface area contributed by atoms with Gasteiger partial charge in [0.1, 0.15) is 5.82 Å². The first-order chi connectivity index (χ1) is 10.0. The van der Waals surface area contributed by atoms with E-state index in [0.29, 0.717) is 22.6 Å². The molecule has 0 unspecified atom stereocenters. The van der Waals surface area contributed by atoms with E-state index >= 15 is 0 Å². The molecule has 1 amide bonds. The molecule has 0 atom stereocenters. The van der Waals surface area contributed by atoms with Crippen molar-refractivity contribution in [2.24, 2.45) is 0 Å². The number of benzene rings is 2. The third-order valence-electron chi connectivity index (χ3n) is 2.94. The number of methoxy groups -OCH3 is 1. The molecule has 0 aromatic heterocycles. The lowest BCUT2D eigenvalue weighted by molar-refractivity contribution is 0.0948. The van der Waals surface area contributed by atoms with Crippen molar-refractivity contribution in [2.45, 2.75) is 6.54 Å². The van der Waals surface area contributed by atoms with Gasteiger partial charge in [0.05, 0.1) is 18.4 Å². The summed E-state index contributed by atoms with van der Waals surface area (Å²) in [7, 11) is 1.45. The molecule has 0 aliphatic heterocycles. The Balaban J connectivity index is 2.16. The number of nitrogens with two attached hydrogens (primary N) is 1. The summed E-state index contributed by atoms with van der Waals surface area (Å²) in [6.07, 6.45) is 0. The highest BCUT2D eigenvalue weighted by Crippen LogP contribution is 2.26. The van der Waals surface area contributed by atoms with Crippen LogP contribution in [-0.2, 0) is 6.54 Å². The zero-order valence-corrected chi connectivity index (χ0v) is 12.9. The third kappa shape index (κ3) is 3.52. The van der Waals surface area contributed by atoms with Crippen molar-refractivity contribution in [3.05, 3.63) is 57.8 Å². The van der Waals surface area contributed by atoms with Crippen LogP contribution in [0.25, 0.3) is 0 Å². The minimum atomic E-state index is -0.357. The van der Waals surface area contributed by atoms with Gasteiger partial charge in [-0.25, -0.2) is 4.39 Å². The first-order valence-corrected chi connectivity index (χ1v) is 6.97. The van der Waals surface area contributed by atoms with E-state index in [-0.39, 0.29) is 18.3 Å². The van der Waals surface area contributed by atoms with Gasteiger partial charge in [0.15, 0.2) is 5.75 Å². The monoisotopic (exact) mass is 352 g/mol. The largest absolute Gasteiger partial charge is 0.494 e. The number of nitrogen functional groups attached to an aromatic ring is 1. The third-order valence-corrected chi connectivity index (χ3v) is 3.72. The molecule has 0 spiro atoms. The van der Waals surface area contributed by atoms with E-state index in [1.165, 1.54) is 19.2 Å². The number of hydrogen-bond donors (Lipinski definition) is 2. The van der Waals surface area contributed by atoms with Crippen LogP contribution in [0, 0.1) is 5.82 Å². The molecule has 0 fully saturated rings. The summed E-state index contributed by atoms with van der Waals surface area (Å²) in [5, 5.41) is 2.71. The molecular formula is C15H14BrFN2O2. The van der Waals surface area contributed by atoms with Crippen molar-refractivity contribution < 1.29 is 13.9 Å². The molecule has 0 saturated heterocycles. The van der Waals surface area contributed by atoms with Gasteiger partial charge in [-0.15, -0.1) is 0 Å². The van der Waals surface area contributed by atoms with Crippen LogP contribution < -0.4 is 15.8 Å². The van der Waals surface area contributed by atoms with Crippen LogP contribution in [0.3, 0.4) is 0 Å². The van der Waals surface area contributed by atoms with Gasteiger partial charge in [0.25, 0.3) is 5.91 Å². The fourth-order valence-electron chi connectivity index (χ4n) is 1.91. The fourth-order valence-corrected chi connectivity index (χ4v) is 2.30. The number of amides is 1. The van der Waals surface area contributed by atoms with E-state index in [0.717, 1.165) is 4.47 Å². The SMILES string of the molecule is COc1c(N)cccc1C(=O)NCc1cc(F)ccc1Br. The second kappa shape index (κ2) is 6.58.